The van der Waals surface area contributed by atoms with E-state index in [1.807, 2.05) is 116 Å². The van der Waals surface area contributed by atoms with Crippen molar-refractivity contribution < 1.29 is 60.3 Å². The molecule has 0 unspecified atom stereocenters. The number of aromatic nitrogens is 9. The average molecular weight is 2330 g/mol. The first kappa shape index (κ1) is 102. The standard InChI is InChI=1S/3C22H21N2.3C20H18N.3Ir/c1-15(2)14-24-21-10-5-4-7-17(21)18-8-6-9-19(22(18)24)20-12-11-16(3)13-23-20;1-15(2)14-24-21-7-5-4-6-18(21)19-10-9-17(12-22(19)24)20-11-8-16(3)13-23-20;1-15(2)14-24-21-7-5-4-6-18(21)19-12-17(9-11-22(19)24)20-10-8-16(3)13-23-20;3*1-3-16-13-20(18-12-8-7-9-15(18)2)21-14-19(16)17-10-5-4-6-11-17;;;/h3*4-8,10-13,15H,14H2,1-3H3;3*4-14H,2-3H2,1H3;;;/q6*-1;;;. The summed E-state index contributed by atoms with van der Waals surface area (Å²) in [7, 11) is 0. The molecule has 138 heavy (non-hydrogen) atoms. The molecule has 0 fully saturated rings. The third kappa shape index (κ3) is 23.8. The molecule has 12 aromatic carbocycles. The van der Waals surface area contributed by atoms with Crippen molar-refractivity contribution in [2.75, 3.05) is 0 Å². The summed E-state index contributed by atoms with van der Waals surface area (Å²) in [5, 5.41) is 7.73. The van der Waals surface area contributed by atoms with E-state index in [1.54, 1.807) is 0 Å². The van der Waals surface area contributed by atoms with Crippen LogP contribution >= 0.6 is 0 Å². The normalized spacial score (nSPS) is 10.9. The maximum atomic E-state index is 4.65. The van der Waals surface area contributed by atoms with Gasteiger partial charge in [0.15, 0.2) is 0 Å². The molecule has 0 aliphatic heterocycles. The fourth-order valence-corrected chi connectivity index (χ4v) is 17.8. The van der Waals surface area contributed by atoms with Crippen LogP contribution in [-0.4, -0.2) is 43.6 Å². The minimum Gasteiger partial charge on any atom is -0.380 e. The smallest absolute Gasteiger partial charge is 0.0391 e. The van der Waals surface area contributed by atoms with Crippen molar-refractivity contribution in [2.45, 2.75) is 122 Å². The molecule has 0 saturated carbocycles. The van der Waals surface area contributed by atoms with Crippen LogP contribution in [0, 0.1) is 77.5 Å². The predicted octanol–water partition coefficient (Wildman–Crippen LogP) is 32.3. The van der Waals surface area contributed by atoms with Crippen LogP contribution < -0.4 is 0 Å². The number of aryl methyl sites for hydroxylation is 6. The minimum absolute atomic E-state index is 0. The van der Waals surface area contributed by atoms with Crippen molar-refractivity contribution in [1.29, 1.82) is 0 Å². The van der Waals surface area contributed by atoms with Gasteiger partial charge in [0, 0.05) is 167 Å². The summed E-state index contributed by atoms with van der Waals surface area (Å²) in [5.41, 5.74) is 37.9. The second kappa shape index (κ2) is 48.0. The van der Waals surface area contributed by atoms with Gasteiger partial charge in [0.1, 0.15) is 0 Å². The molecule has 9 heterocycles. The van der Waals surface area contributed by atoms with E-state index in [1.165, 1.54) is 132 Å². The molecule has 21 aromatic rings. The third-order valence-electron chi connectivity index (χ3n) is 24.6. The molecule has 9 nitrogen and oxygen atoms in total. The molecule has 0 spiro atoms. The first-order valence-electron chi connectivity index (χ1n) is 47.2. The van der Waals surface area contributed by atoms with Crippen LogP contribution in [0.15, 0.2) is 365 Å². The molecule has 3 radical (unpaired) electrons. The topological polar surface area (TPSA) is 92.1 Å². The summed E-state index contributed by atoms with van der Waals surface area (Å²) in [6.07, 6.45) is 14.7. The number of para-hydroxylation sites is 3. The maximum absolute atomic E-state index is 4.65. The number of pyridine rings is 6. The summed E-state index contributed by atoms with van der Waals surface area (Å²) < 4.78 is 7.28. The van der Waals surface area contributed by atoms with E-state index in [2.05, 4.69) is 414 Å². The second-order valence-electron chi connectivity index (χ2n) is 35.9. The molecule has 0 aliphatic carbocycles. The van der Waals surface area contributed by atoms with Crippen LogP contribution in [0.1, 0.15) is 112 Å². The molecule has 0 amide bonds. The van der Waals surface area contributed by atoms with Crippen LogP contribution in [-0.2, 0) is 99.2 Å². The Morgan fingerprint density at radius 2 is 0.594 bits per heavy atom. The summed E-state index contributed by atoms with van der Waals surface area (Å²) in [4.78, 5) is 27.7. The van der Waals surface area contributed by atoms with Crippen molar-refractivity contribution in [3.05, 3.63) is 454 Å². The Hall–Kier alpha value is -13.5. The van der Waals surface area contributed by atoms with Gasteiger partial charge in [-0.2, -0.15) is 55.7 Å². The fourth-order valence-electron chi connectivity index (χ4n) is 17.8. The Kier molecular flexibility index (Phi) is 35.4. The van der Waals surface area contributed by atoms with Gasteiger partial charge in [-0.15, -0.1) is 124 Å². The monoisotopic (exact) mass is 2330 g/mol. The number of benzene rings is 12. The van der Waals surface area contributed by atoms with Crippen molar-refractivity contribution in [3.63, 3.8) is 0 Å². The third-order valence-corrected chi connectivity index (χ3v) is 24.6. The SMILES string of the molecule is Cc1ccc(-c2[c-]cc3c(c2)c2ccccc2n3CC(C)C)nc1.Cc1ccc(-c2[c-]cc3c4ccccc4n(CC(C)C)c3c2)nc1.Cc1ccc(-c2[c-]ccc3c4ccccc4n(CC(C)C)c23)nc1.[CH2-]c1ccccc1-c1cc(CC)c(-c2ccccc2)cn1.[CH2-]c1ccccc1-c1cc(CC)c(-c2ccccc2)cn1.[CH2-]c1ccccc1-c1cc(CC)c(-c2ccccc2)cn1.[Ir].[Ir].[Ir]. The van der Waals surface area contributed by atoms with E-state index >= 15 is 0 Å². The van der Waals surface area contributed by atoms with Crippen molar-refractivity contribution in [1.82, 2.24) is 43.6 Å². The molecule has 0 atom stereocenters. The van der Waals surface area contributed by atoms with Gasteiger partial charge >= 0.3 is 0 Å². The van der Waals surface area contributed by atoms with E-state index < -0.39 is 0 Å². The van der Waals surface area contributed by atoms with Gasteiger partial charge in [0.25, 0.3) is 0 Å². The Bertz CT molecular complexity index is 7280. The number of nitrogens with zero attached hydrogens (tertiary/aromatic N) is 9. The fraction of sp³-hybridized carbons (Fsp3) is 0.167. The van der Waals surface area contributed by atoms with Crippen LogP contribution in [0.4, 0.5) is 0 Å². The van der Waals surface area contributed by atoms with Gasteiger partial charge in [-0.25, -0.2) is 0 Å². The van der Waals surface area contributed by atoms with Gasteiger partial charge in [-0.05, 0) is 194 Å². The maximum Gasteiger partial charge on any atom is 0.0391 e. The molecule has 12 heteroatoms. The zero-order valence-electron chi connectivity index (χ0n) is 80.8. The Morgan fingerprint density at radius 3 is 0.978 bits per heavy atom. The first-order valence-corrected chi connectivity index (χ1v) is 47.2. The molecule has 699 valence electrons. The zero-order valence-corrected chi connectivity index (χ0v) is 87.9. The summed E-state index contributed by atoms with van der Waals surface area (Å²) in [6.45, 7) is 41.6. The van der Waals surface area contributed by atoms with Gasteiger partial charge in [0.05, 0.1) is 0 Å². The van der Waals surface area contributed by atoms with Crippen LogP contribution in [0.5, 0.6) is 0 Å². The molecular formula is C126H117Ir3N9-6. The number of hydrogen-bond acceptors (Lipinski definition) is 6. The number of fused-ring (bicyclic) bond motifs is 9. The molecule has 0 N–H and O–H groups in total. The van der Waals surface area contributed by atoms with Crippen LogP contribution in [0.25, 0.3) is 166 Å². The predicted molar refractivity (Wildman–Crippen MR) is 570 cm³/mol. The van der Waals surface area contributed by atoms with E-state index in [0.717, 1.165) is 123 Å². The van der Waals surface area contributed by atoms with E-state index in [4.69, 9.17) is 0 Å². The minimum atomic E-state index is 0. The number of hydrogen-bond donors (Lipinski definition) is 0. The molecule has 9 aromatic heterocycles. The molecular weight excluding hydrogens is 2220 g/mol. The Morgan fingerprint density at radius 1 is 0.268 bits per heavy atom. The first-order chi connectivity index (χ1) is 65.8. The largest absolute Gasteiger partial charge is 0.380 e. The van der Waals surface area contributed by atoms with E-state index in [-0.39, 0.29) is 60.3 Å². The van der Waals surface area contributed by atoms with Crippen molar-refractivity contribution >= 4 is 65.4 Å². The number of rotatable bonds is 18. The van der Waals surface area contributed by atoms with E-state index in [9.17, 15) is 0 Å². The van der Waals surface area contributed by atoms with Crippen molar-refractivity contribution in [3.8, 4) is 101 Å². The second-order valence-corrected chi connectivity index (χ2v) is 35.9. The average Bonchev–Trinajstić information content (AvgIpc) is 1.60. The summed E-state index contributed by atoms with van der Waals surface area (Å²) >= 11 is 0. The Balaban J connectivity index is 0.000000139. The molecule has 0 saturated heterocycles. The Labute approximate surface area is 856 Å². The molecule has 0 bridgehead atoms. The summed E-state index contributed by atoms with van der Waals surface area (Å²) in [5.74, 6) is 1.76. The zero-order chi connectivity index (χ0) is 94.0. The van der Waals surface area contributed by atoms with Crippen molar-refractivity contribution in [2.24, 2.45) is 17.8 Å². The van der Waals surface area contributed by atoms with Gasteiger partial charge in [-0.1, -0.05) is 279 Å². The van der Waals surface area contributed by atoms with Gasteiger partial charge < -0.3 is 28.7 Å². The van der Waals surface area contributed by atoms with E-state index in [0.29, 0.717) is 17.8 Å². The molecule has 21 rings (SSSR count). The summed E-state index contributed by atoms with van der Waals surface area (Å²) in [6, 6.07) is 124. The van der Waals surface area contributed by atoms with Gasteiger partial charge in [-0.3, -0.25) is 15.0 Å². The van der Waals surface area contributed by atoms with Crippen LogP contribution in [0.3, 0.4) is 0 Å². The van der Waals surface area contributed by atoms with Gasteiger partial charge in [0.2, 0.25) is 0 Å². The molecule has 0 aliphatic rings. The quantitative estimate of drug-likeness (QED) is 0.0795. The van der Waals surface area contributed by atoms with Crippen LogP contribution in [0.2, 0.25) is 0 Å².